The van der Waals surface area contributed by atoms with E-state index >= 15 is 0 Å². The lowest BCUT2D eigenvalue weighted by atomic mass is 10.0. The van der Waals surface area contributed by atoms with E-state index in [0.717, 1.165) is 0 Å². The number of benzene rings is 1. The molecular formula is C12H15NO4. The van der Waals surface area contributed by atoms with Gasteiger partial charge < -0.3 is 19.3 Å². The minimum atomic E-state index is -0.908. The van der Waals surface area contributed by atoms with Crippen molar-refractivity contribution in [2.75, 3.05) is 21.3 Å². The van der Waals surface area contributed by atoms with E-state index in [2.05, 4.69) is 0 Å². The van der Waals surface area contributed by atoms with E-state index in [-0.39, 0.29) is 6.42 Å². The first kappa shape index (κ1) is 13.1. The number of methoxy groups -OCH3 is 3. The average Bonchev–Trinajstić information content (AvgIpc) is 2.37. The lowest BCUT2D eigenvalue weighted by molar-refractivity contribution is 0.178. The van der Waals surface area contributed by atoms with E-state index in [9.17, 15) is 5.11 Å². The Morgan fingerprint density at radius 3 is 2.12 bits per heavy atom. The fourth-order valence-corrected chi connectivity index (χ4v) is 1.51. The van der Waals surface area contributed by atoms with Crippen molar-refractivity contribution in [1.82, 2.24) is 0 Å². The molecule has 0 aliphatic rings. The number of nitriles is 1. The van der Waals surface area contributed by atoms with Crippen molar-refractivity contribution in [3.8, 4) is 23.3 Å². The summed E-state index contributed by atoms with van der Waals surface area (Å²) in [6.45, 7) is 0. The molecule has 5 nitrogen and oxygen atoms in total. The van der Waals surface area contributed by atoms with Gasteiger partial charge in [0.15, 0.2) is 11.5 Å². The molecule has 0 saturated heterocycles. The normalized spacial score (nSPS) is 11.5. The molecule has 0 aliphatic heterocycles. The molecule has 0 fully saturated rings. The molecule has 1 aromatic carbocycles. The molecule has 92 valence electrons. The van der Waals surface area contributed by atoms with Gasteiger partial charge in [0, 0.05) is 11.6 Å². The molecule has 0 amide bonds. The summed E-state index contributed by atoms with van der Waals surface area (Å²) in [6, 6.07) is 5.14. The van der Waals surface area contributed by atoms with Crippen LogP contribution in [0.3, 0.4) is 0 Å². The Morgan fingerprint density at radius 2 is 1.65 bits per heavy atom. The summed E-state index contributed by atoms with van der Waals surface area (Å²) in [7, 11) is 4.51. The molecular weight excluding hydrogens is 222 g/mol. The molecule has 0 aromatic heterocycles. The standard InChI is InChI=1S/C12H15NO4/c1-15-10-7-12(17-3)11(16-2)6-8(10)9(14)4-5-13/h6-7,9,14H,4H2,1-3H3. The van der Waals surface area contributed by atoms with Crippen LogP contribution in [0.15, 0.2) is 12.1 Å². The van der Waals surface area contributed by atoms with Crippen LogP contribution in [0.5, 0.6) is 17.2 Å². The van der Waals surface area contributed by atoms with E-state index in [1.54, 1.807) is 12.1 Å². The minimum absolute atomic E-state index is 0.00809. The van der Waals surface area contributed by atoms with Gasteiger partial charge in [-0.2, -0.15) is 5.26 Å². The van der Waals surface area contributed by atoms with Crippen LogP contribution >= 0.6 is 0 Å². The fraction of sp³-hybridized carbons (Fsp3) is 0.417. The van der Waals surface area contributed by atoms with Gasteiger partial charge in [0.25, 0.3) is 0 Å². The van der Waals surface area contributed by atoms with E-state index in [4.69, 9.17) is 19.5 Å². The number of aliphatic hydroxyl groups is 1. The maximum atomic E-state index is 9.82. The molecule has 0 radical (unpaired) electrons. The summed E-state index contributed by atoms with van der Waals surface area (Å²) in [5.41, 5.74) is 0.506. The predicted octanol–water partition coefficient (Wildman–Crippen LogP) is 1.66. The van der Waals surface area contributed by atoms with Gasteiger partial charge in [-0.15, -0.1) is 0 Å². The Bertz CT molecular complexity index is 425. The van der Waals surface area contributed by atoms with Crippen LogP contribution in [0.2, 0.25) is 0 Å². The average molecular weight is 237 g/mol. The zero-order valence-electron chi connectivity index (χ0n) is 10.1. The van der Waals surface area contributed by atoms with Gasteiger partial charge in [-0.05, 0) is 6.07 Å². The van der Waals surface area contributed by atoms with Crippen molar-refractivity contribution in [3.05, 3.63) is 17.7 Å². The number of ether oxygens (including phenoxy) is 3. The van der Waals surface area contributed by atoms with Crippen LogP contribution in [0, 0.1) is 11.3 Å². The number of hydrogen-bond donors (Lipinski definition) is 1. The quantitative estimate of drug-likeness (QED) is 0.843. The zero-order chi connectivity index (χ0) is 12.8. The summed E-state index contributed by atoms with van der Waals surface area (Å²) in [6.07, 6.45) is -0.916. The Hall–Kier alpha value is -1.93. The second kappa shape index (κ2) is 5.97. The Kier molecular flexibility index (Phi) is 4.61. The second-order valence-corrected chi connectivity index (χ2v) is 3.33. The van der Waals surface area contributed by atoms with E-state index in [0.29, 0.717) is 22.8 Å². The highest BCUT2D eigenvalue weighted by atomic mass is 16.5. The lowest BCUT2D eigenvalue weighted by Crippen LogP contribution is -2.02. The first-order chi connectivity index (χ1) is 8.17. The van der Waals surface area contributed by atoms with Crippen molar-refractivity contribution < 1.29 is 19.3 Å². The SMILES string of the molecule is COc1cc(OC)c(C(O)CC#N)cc1OC. The van der Waals surface area contributed by atoms with Crippen LogP contribution in [-0.2, 0) is 0 Å². The minimum Gasteiger partial charge on any atom is -0.496 e. The van der Waals surface area contributed by atoms with E-state index in [1.807, 2.05) is 6.07 Å². The first-order valence-electron chi connectivity index (χ1n) is 5.02. The van der Waals surface area contributed by atoms with Gasteiger partial charge in [0.1, 0.15) is 5.75 Å². The molecule has 0 aliphatic carbocycles. The van der Waals surface area contributed by atoms with Gasteiger partial charge in [0.05, 0.1) is 39.9 Å². The highest BCUT2D eigenvalue weighted by Crippen LogP contribution is 2.38. The van der Waals surface area contributed by atoms with Crippen molar-refractivity contribution >= 4 is 0 Å². The predicted molar refractivity (Wildman–Crippen MR) is 61.3 cm³/mol. The smallest absolute Gasteiger partial charge is 0.164 e. The summed E-state index contributed by atoms with van der Waals surface area (Å²) >= 11 is 0. The number of nitrogens with zero attached hydrogens (tertiary/aromatic N) is 1. The van der Waals surface area contributed by atoms with E-state index < -0.39 is 6.10 Å². The summed E-state index contributed by atoms with van der Waals surface area (Å²) in [5.74, 6) is 1.46. The largest absolute Gasteiger partial charge is 0.496 e. The molecule has 0 saturated carbocycles. The lowest BCUT2D eigenvalue weighted by Gasteiger charge is -2.16. The molecule has 1 atom stereocenters. The number of aliphatic hydroxyl groups excluding tert-OH is 1. The molecule has 1 rings (SSSR count). The van der Waals surface area contributed by atoms with Crippen LogP contribution < -0.4 is 14.2 Å². The third-order valence-corrected chi connectivity index (χ3v) is 2.38. The first-order valence-corrected chi connectivity index (χ1v) is 5.02. The molecule has 0 spiro atoms. The molecule has 5 heteroatoms. The van der Waals surface area contributed by atoms with Crippen LogP contribution in [0.1, 0.15) is 18.1 Å². The van der Waals surface area contributed by atoms with E-state index in [1.165, 1.54) is 21.3 Å². The number of hydrogen-bond acceptors (Lipinski definition) is 5. The summed E-state index contributed by atoms with van der Waals surface area (Å²) in [4.78, 5) is 0. The van der Waals surface area contributed by atoms with Gasteiger partial charge in [-0.3, -0.25) is 0 Å². The van der Waals surface area contributed by atoms with Gasteiger partial charge >= 0.3 is 0 Å². The molecule has 17 heavy (non-hydrogen) atoms. The van der Waals surface area contributed by atoms with Crippen molar-refractivity contribution in [1.29, 1.82) is 5.26 Å². The van der Waals surface area contributed by atoms with Crippen LogP contribution in [0.25, 0.3) is 0 Å². The fourth-order valence-electron chi connectivity index (χ4n) is 1.51. The van der Waals surface area contributed by atoms with Crippen molar-refractivity contribution in [2.45, 2.75) is 12.5 Å². The number of rotatable bonds is 5. The maximum absolute atomic E-state index is 9.82. The molecule has 0 heterocycles. The summed E-state index contributed by atoms with van der Waals surface area (Å²) < 4.78 is 15.4. The van der Waals surface area contributed by atoms with Crippen LogP contribution in [0.4, 0.5) is 0 Å². The monoisotopic (exact) mass is 237 g/mol. The Labute approximate surface area is 100 Å². The second-order valence-electron chi connectivity index (χ2n) is 3.33. The Morgan fingerprint density at radius 1 is 1.12 bits per heavy atom. The maximum Gasteiger partial charge on any atom is 0.164 e. The topological polar surface area (TPSA) is 71.7 Å². The third-order valence-electron chi connectivity index (χ3n) is 2.38. The van der Waals surface area contributed by atoms with Gasteiger partial charge in [-0.1, -0.05) is 0 Å². The third kappa shape index (κ3) is 2.80. The molecule has 1 aromatic rings. The zero-order valence-corrected chi connectivity index (χ0v) is 10.1. The molecule has 1 N–H and O–H groups in total. The van der Waals surface area contributed by atoms with Crippen LogP contribution in [-0.4, -0.2) is 26.4 Å². The highest BCUT2D eigenvalue weighted by Gasteiger charge is 2.17. The Balaban J connectivity index is 3.24. The van der Waals surface area contributed by atoms with Crippen molar-refractivity contribution in [3.63, 3.8) is 0 Å². The molecule has 0 bridgehead atoms. The molecule has 1 unspecified atom stereocenters. The highest BCUT2D eigenvalue weighted by molar-refractivity contribution is 5.51. The van der Waals surface area contributed by atoms with Gasteiger partial charge in [-0.25, -0.2) is 0 Å². The summed E-state index contributed by atoms with van der Waals surface area (Å²) in [5, 5.41) is 18.4. The van der Waals surface area contributed by atoms with Crippen molar-refractivity contribution in [2.24, 2.45) is 0 Å². The van der Waals surface area contributed by atoms with Gasteiger partial charge in [0.2, 0.25) is 0 Å².